The van der Waals surface area contributed by atoms with Crippen LogP contribution in [0.3, 0.4) is 0 Å². The monoisotopic (exact) mass is 357 g/mol. The van der Waals surface area contributed by atoms with Gasteiger partial charge in [-0.05, 0) is 34.9 Å². The van der Waals surface area contributed by atoms with E-state index in [1.165, 1.54) is 0 Å². The predicted octanol–water partition coefficient (Wildman–Crippen LogP) is 1.43. The molecule has 1 aromatic carbocycles. The van der Waals surface area contributed by atoms with Crippen LogP contribution in [-0.4, -0.2) is 33.9 Å². The van der Waals surface area contributed by atoms with Gasteiger partial charge in [0.2, 0.25) is 5.91 Å². The number of hydrogen-bond donors (Lipinski definition) is 2. The van der Waals surface area contributed by atoms with E-state index in [9.17, 15) is 14.7 Å². The highest BCUT2D eigenvalue weighted by molar-refractivity contribution is 7.07. The van der Waals surface area contributed by atoms with E-state index in [0.29, 0.717) is 18.4 Å². The van der Waals surface area contributed by atoms with Gasteiger partial charge in [0, 0.05) is 24.5 Å². The molecule has 0 saturated carbocycles. The van der Waals surface area contributed by atoms with E-state index in [1.54, 1.807) is 29.7 Å². The van der Waals surface area contributed by atoms with Crippen LogP contribution < -0.4 is 10.9 Å². The van der Waals surface area contributed by atoms with Gasteiger partial charge in [-0.15, -0.1) is 0 Å². The Morgan fingerprint density at radius 3 is 2.92 bits per heavy atom. The lowest BCUT2D eigenvalue weighted by molar-refractivity contribution is -0.122. The van der Waals surface area contributed by atoms with E-state index >= 15 is 0 Å². The van der Waals surface area contributed by atoms with Crippen molar-refractivity contribution in [2.45, 2.75) is 13.0 Å². The zero-order valence-electron chi connectivity index (χ0n) is 13.6. The normalized spacial score (nSPS) is 12.2. The van der Waals surface area contributed by atoms with Crippen LogP contribution in [0.5, 0.6) is 0 Å². The fourth-order valence-corrected chi connectivity index (χ4v) is 3.32. The molecule has 0 saturated heterocycles. The molecular formula is C18H19N3O3S. The van der Waals surface area contributed by atoms with Gasteiger partial charge in [0.25, 0.3) is 5.56 Å². The van der Waals surface area contributed by atoms with Crippen LogP contribution in [0.2, 0.25) is 0 Å². The number of aliphatic hydroxyl groups excluding tert-OH is 1. The standard InChI is InChI=1S/C18H19N3O3S/c22-11-14(7-13-5-6-25-12-13)8-19-17(23)10-21-18(24)16-4-2-1-3-15(16)9-20-21/h1-6,9,12,14,22H,7-8,10-11H2,(H,19,23)/t14-/m1/s1. The molecule has 0 aliphatic rings. The van der Waals surface area contributed by atoms with Crippen LogP contribution in [0.25, 0.3) is 10.8 Å². The first kappa shape index (κ1) is 17.3. The number of aliphatic hydroxyl groups is 1. The number of benzene rings is 1. The number of fused-ring (bicyclic) bond motifs is 1. The number of amides is 1. The van der Waals surface area contributed by atoms with Gasteiger partial charge in [-0.25, -0.2) is 4.68 Å². The van der Waals surface area contributed by atoms with Gasteiger partial charge < -0.3 is 10.4 Å². The maximum absolute atomic E-state index is 12.4. The third kappa shape index (κ3) is 4.32. The van der Waals surface area contributed by atoms with Gasteiger partial charge in [-0.3, -0.25) is 9.59 Å². The number of thiophene rings is 1. The summed E-state index contributed by atoms with van der Waals surface area (Å²) in [6.07, 6.45) is 2.28. The predicted molar refractivity (Wildman–Crippen MR) is 97.6 cm³/mol. The Kier molecular flexibility index (Phi) is 5.57. The molecule has 2 heterocycles. The number of rotatable bonds is 7. The highest BCUT2D eigenvalue weighted by Gasteiger charge is 2.12. The van der Waals surface area contributed by atoms with Gasteiger partial charge in [-0.1, -0.05) is 18.2 Å². The highest BCUT2D eigenvalue weighted by atomic mass is 32.1. The van der Waals surface area contributed by atoms with Crippen LogP contribution in [0.1, 0.15) is 5.56 Å². The quantitative estimate of drug-likeness (QED) is 0.670. The smallest absolute Gasteiger partial charge is 0.275 e. The molecular weight excluding hydrogens is 338 g/mol. The molecule has 1 atom stereocenters. The lowest BCUT2D eigenvalue weighted by Crippen LogP contribution is -2.37. The van der Waals surface area contributed by atoms with Crippen molar-refractivity contribution in [2.75, 3.05) is 13.2 Å². The Morgan fingerprint density at radius 1 is 1.32 bits per heavy atom. The van der Waals surface area contributed by atoms with Crippen LogP contribution in [0.4, 0.5) is 0 Å². The molecule has 3 rings (SSSR count). The molecule has 0 spiro atoms. The molecule has 0 aliphatic heterocycles. The molecule has 0 unspecified atom stereocenters. The second-order valence-electron chi connectivity index (χ2n) is 5.88. The fraction of sp³-hybridized carbons (Fsp3) is 0.278. The molecule has 3 aromatic rings. The van der Waals surface area contributed by atoms with Gasteiger partial charge in [0.15, 0.2) is 0 Å². The average molecular weight is 357 g/mol. The minimum Gasteiger partial charge on any atom is -0.396 e. The highest BCUT2D eigenvalue weighted by Crippen LogP contribution is 2.11. The SMILES string of the molecule is O=C(Cn1ncc2ccccc2c1=O)NC[C@H](CO)Cc1ccsc1. The Labute approximate surface area is 148 Å². The average Bonchev–Trinajstić information content (AvgIpc) is 3.14. The van der Waals surface area contributed by atoms with Crippen LogP contribution in [0.15, 0.2) is 52.1 Å². The topological polar surface area (TPSA) is 84.2 Å². The van der Waals surface area contributed by atoms with Crippen molar-refractivity contribution in [2.24, 2.45) is 5.92 Å². The summed E-state index contributed by atoms with van der Waals surface area (Å²) in [5.41, 5.74) is 0.857. The summed E-state index contributed by atoms with van der Waals surface area (Å²) >= 11 is 1.61. The molecule has 2 N–H and O–H groups in total. The van der Waals surface area contributed by atoms with E-state index in [-0.39, 0.29) is 30.5 Å². The number of hydrogen-bond acceptors (Lipinski definition) is 5. The van der Waals surface area contributed by atoms with Crippen LogP contribution in [-0.2, 0) is 17.8 Å². The zero-order valence-corrected chi connectivity index (χ0v) is 14.4. The molecule has 0 bridgehead atoms. The summed E-state index contributed by atoms with van der Waals surface area (Å²) in [6, 6.07) is 9.15. The third-order valence-electron chi connectivity index (χ3n) is 4.01. The molecule has 0 radical (unpaired) electrons. The van der Waals surface area contributed by atoms with Crippen molar-refractivity contribution in [1.29, 1.82) is 0 Å². The number of aromatic nitrogens is 2. The van der Waals surface area contributed by atoms with E-state index in [2.05, 4.69) is 10.4 Å². The Bertz CT molecular complexity index is 905. The lowest BCUT2D eigenvalue weighted by Gasteiger charge is -2.14. The van der Waals surface area contributed by atoms with Crippen molar-refractivity contribution in [3.63, 3.8) is 0 Å². The molecule has 6 nitrogen and oxygen atoms in total. The molecule has 7 heteroatoms. The van der Waals surface area contributed by atoms with Crippen molar-refractivity contribution in [1.82, 2.24) is 15.1 Å². The maximum atomic E-state index is 12.4. The zero-order chi connectivity index (χ0) is 17.6. The molecule has 0 aliphatic carbocycles. The fourth-order valence-electron chi connectivity index (χ4n) is 2.63. The van der Waals surface area contributed by atoms with E-state index in [0.717, 1.165) is 15.6 Å². The first-order chi connectivity index (χ1) is 12.2. The summed E-state index contributed by atoms with van der Waals surface area (Å²) in [6.45, 7) is 0.206. The van der Waals surface area contributed by atoms with Crippen LogP contribution in [0, 0.1) is 5.92 Å². The minimum atomic E-state index is -0.298. The molecule has 0 fully saturated rings. The Balaban J connectivity index is 1.60. The summed E-state index contributed by atoms with van der Waals surface area (Å²) in [7, 11) is 0. The summed E-state index contributed by atoms with van der Waals surface area (Å²) in [4.78, 5) is 24.5. The van der Waals surface area contributed by atoms with Gasteiger partial charge >= 0.3 is 0 Å². The van der Waals surface area contributed by atoms with Gasteiger partial charge in [0.1, 0.15) is 6.54 Å². The Hall–Kier alpha value is -2.51. The summed E-state index contributed by atoms with van der Waals surface area (Å²) in [5.74, 6) is -0.353. The lowest BCUT2D eigenvalue weighted by atomic mass is 10.0. The first-order valence-electron chi connectivity index (χ1n) is 8.01. The van der Waals surface area contributed by atoms with E-state index in [4.69, 9.17) is 0 Å². The number of carbonyl (C=O) groups excluding carboxylic acids is 1. The maximum Gasteiger partial charge on any atom is 0.275 e. The second kappa shape index (κ2) is 8.04. The molecule has 1 amide bonds. The second-order valence-corrected chi connectivity index (χ2v) is 6.66. The number of carbonyl (C=O) groups is 1. The minimum absolute atomic E-state index is 0.00962. The van der Waals surface area contributed by atoms with Crippen LogP contribution >= 0.6 is 11.3 Å². The van der Waals surface area contributed by atoms with Gasteiger partial charge in [-0.2, -0.15) is 16.4 Å². The van der Waals surface area contributed by atoms with Gasteiger partial charge in [0.05, 0.1) is 11.6 Å². The summed E-state index contributed by atoms with van der Waals surface area (Å²) < 4.78 is 1.16. The third-order valence-corrected chi connectivity index (χ3v) is 4.74. The molecule has 130 valence electrons. The Morgan fingerprint density at radius 2 is 2.16 bits per heavy atom. The number of nitrogens with one attached hydrogen (secondary N) is 1. The summed E-state index contributed by atoms with van der Waals surface area (Å²) in [5, 5.41) is 21.6. The van der Waals surface area contributed by atoms with E-state index in [1.807, 2.05) is 29.0 Å². The number of nitrogens with zero attached hydrogens (tertiary/aromatic N) is 2. The van der Waals surface area contributed by atoms with Crippen molar-refractivity contribution < 1.29 is 9.90 Å². The van der Waals surface area contributed by atoms with Crippen molar-refractivity contribution in [3.8, 4) is 0 Å². The van der Waals surface area contributed by atoms with Crippen molar-refractivity contribution in [3.05, 3.63) is 63.2 Å². The first-order valence-corrected chi connectivity index (χ1v) is 8.95. The molecule has 25 heavy (non-hydrogen) atoms. The van der Waals surface area contributed by atoms with Crippen molar-refractivity contribution >= 4 is 28.0 Å². The van der Waals surface area contributed by atoms with E-state index < -0.39 is 0 Å². The molecule has 2 aromatic heterocycles. The largest absolute Gasteiger partial charge is 0.396 e.